The third kappa shape index (κ3) is 3.33. The summed E-state index contributed by atoms with van der Waals surface area (Å²) in [6, 6.07) is 10.9. The van der Waals surface area contributed by atoms with E-state index >= 15 is 0 Å². The van der Waals surface area contributed by atoms with E-state index in [-0.39, 0.29) is 12.5 Å². The highest BCUT2D eigenvalue weighted by Gasteiger charge is 2.25. The van der Waals surface area contributed by atoms with Gasteiger partial charge in [-0.05, 0) is 47.5 Å². The molecule has 0 radical (unpaired) electrons. The summed E-state index contributed by atoms with van der Waals surface area (Å²) in [5.41, 5.74) is 0.904. The molecule has 0 aliphatic carbocycles. The number of nitrogens with zero attached hydrogens (tertiary/aromatic N) is 2. The number of amides is 1. The summed E-state index contributed by atoms with van der Waals surface area (Å²) in [6.07, 6.45) is 3.45. The Morgan fingerprint density at radius 1 is 1.35 bits per heavy atom. The van der Waals surface area contributed by atoms with Crippen molar-refractivity contribution in [3.05, 3.63) is 70.7 Å². The molecule has 5 nitrogen and oxygen atoms in total. The molecule has 1 amide bonds. The first-order valence-electron chi connectivity index (χ1n) is 7.20. The van der Waals surface area contributed by atoms with Crippen LogP contribution in [0.4, 0.5) is 0 Å². The van der Waals surface area contributed by atoms with E-state index in [1.54, 1.807) is 42.2 Å². The van der Waals surface area contributed by atoms with Crippen LogP contribution in [0.1, 0.15) is 22.8 Å². The molecule has 1 aromatic carbocycles. The summed E-state index contributed by atoms with van der Waals surface area (Å²) in [6.45, 7) is 1.82. The number of hydrogen-bond acceptors (Lipinski definition) is 4. The quantitative estimate of drug-likeness (QED) is 0.757. The number of carbonyl (C=O) groups is 1. The van der Waals surface area contributed by atoms with Crippen LogP contribution in [0.5, 0.6) is 0 Å². The molecule has 6 heteroatoms. The highest BCUT2D eigenvalue weighted by atomic mass is 32.1. The van der Waals surface area contributed by atoms with E-state index in [4.69, 9.17) is 0 Å². The Kier molecular flexibility index (Phi) is 4.27. The van der Waals surface area contributed by atoms with E-state index in [0.29, 0.717) is 11.3 Å². The number of aliphatic hydroxyl groups is 1. The molecule has 2 N–H and O–H groups in total. The predicted molar refractivity (Wildman–Crippen MR) is 89.8 cm³/mol. The van der Waals surface area contributed by atoms with Crippen LogP contribution in [0, 0.1) is 0 Å². The molecule has 0 saturated carbocycles. The van der Waals surface area contributed by atoms with Gasteiger partial charge in [-0.1, -0.05) is 12.1 Å². The van der Waals surface area contributed by atoms with Gasteiger partial charge in [-0.25, -0.2) is 4.68 Å². The van der Waals surface area contributed by atoms with Crippen molar-refractivity contribution in [1.82, 2.24) is 15.1 Å². The van der Waals surface area contributed by atoms with Crippen LogP contribution in [0.2, 0.25) is 0 Å². The smallest absolute Gasteiger partial charge is 0.253 e. The first kappa shape index (κ1) is 15.5. The topological polar surface area (TPSA) is 67.2 Å². The van der Waals surface area contributed by atoms with Crippen LogP contribution < -0.4 is 5.32 Å². The Morgan fingerprint density at radius 3 is 2.87 bits per heavy atom. The molecule has 118 valence electrons. The van der Waals surface area contributed by atoms with Crippen molar-refractivity contribution >= 4 is 17.2 Å². The number of rotatable bonds is 5. The maximum Gasteiger partial charge on any atom is 0.253 e. The van der Waals surface area contributed by atoms with Crippen LogP contribution in [0.15, 0.2) is 59.6 Å². The summed E-state index contributed by atoms with van der Waals surface area (Å²) >= 11 is 1.51. The Morgan fingerprint density at radius 2 is 2.17 bits per heavy atom. The van der Waals surface area contributed by atoms with Gasteiger partial charge in [-0.3, -0.25) is 4.79 Å². The minimum atomic E-state index is -1.10. The van der Waals surface area contributed by atoms with E-state index < -0.39 is 5.60 Å². The van der Waals surface area contributed by atoms with Gasteiger partial charge in [0.1, 0.15) is 5.60 Å². The fourth-order valence-electron chi connectivity index (χ4n) is 2.30. The maximum atomic E-state index is 12.5. The lowest BCUT2D eigenvalue weighted by atomic mass is 9.99. The number of benzene rings is 1. The van der Waals surface area contributed by atoms with Gasteiger partial charge in [-0.2, -0.15) is 16.4 Å². The van der Waals surface area contributed by atoms with Gasteiger partial charge in [0.25, 0.3) is 5.91 Å². The standard InChI is InChI=1S/C17H17N3O2S/c1-17(22,13-7-10-23-11-13)12-18-16(21)14-5-2-3-6-15(14)20-9-4-8-19-20/h2-11,22H,12H2,1H3,(H,18,21). The van der Waals surface area contributed by atoms with E-state index in [1.807, 2.05) is 29.0 Å². The molecule has 0 saturated heterocycles. The third-order valence-electron chi connectivity index (χ3n) is 3.64. The van der Waals surface area contributed by atoms with Crippen molar-refractivity contribution in [3.63, 3.8) is 0 Å². The van der Waals surface area contributed by atoms with Gasteiger partial charge < -0.3 is 10.4 Å². The molecule has 2 aromatic heterocycles. The number of thiophene rings is 1. The molecule has 1 unspecified atom stereocenters. The molecule has 3 aromatic rings. The number of aromatic nitrogens is 2. The molecule has 0 fully saturated rings. The summed E-state index contributed by atoms with van der Waals surface area (Å²) < 4.78 is 1.64. The Hall–Kier alpha value is -2.44. The van der Waals surface area contributed by atoms with Crippen LogP contribution in [0.25, 0.3) is 5.69 Å². The predicted octanol–water partition coefficient (Wildman–Crippen LogP) is 2.57. The van der Waals surface area contributed by atoms with Gasteiger partial charge in [-0.15, -0.1) is 0 Å². The lowest BCUT2D eigenvalue weighted by molar-refractivity contribution is 0.0530. The van der Waals surface area contributed by atoms with Crippen molar-refractivity contribution in [1.29, 1.82) is 0 Å². The highest BCUT2D eigenvalue weighted by Crippen LogP contribution is 2.22. The second kappa shape index (κ2) is 6.36. The van der Waals surface area contributed by atoms with Gasteiger partial charge >= 0.3 is 0 Å². The number of nitrogens with one attached hydrogen (secondary N) is 1. The molecular weight excluding hydrogens is 310 g/mol. The summed E-state index contributed by atoms with van der Waals surface area (Å²) in [5.74, 6) is -0.244. The zero-order valence-electron chi connectivity index (χ0n) is 12.6. The number of para-hydroxylation sites is 1. The Bertz CT molecular complexity index is 780. The minimum Gasteiger partial charge on any atom is -0.384 e. The van der Waals surface area contributed by atoms with E-state index in [1.165, 1.54) is 11.3 Å². The van der Waals surface area contributed by atoms with Crippen molar-refractivity contribution in [2.75, 3.05) is 6.54 Å². The van der Waals surface area contributed by atoms with Crippen LogP contribution in [-0.4, -0.2) is 27.3 Å². The highest BCUT2D eigenvalue weighted by molar-refractivity contribution is 7.08. The first-order chi connectivity index (χ1) is 11.1. The molecule has 0 bridgehead atoms. The second-order valence-electron chi connectivity index (χ2n) is 5.44. The largest absolute Gasteiger partial charge is 0.384 e. The monoisotopic (exact) mass is 327 g/mol. The second-order valence-corrected chi connectivity index (χ2v) is 6.22. The zero-order valence-corrected chi connectivity index (χ0v) is 13.5. The summed E-state index contributed by atoms with van der Waals surface area (Å²) in [5, 5.41) is 21.3. The van der Waals surface area contributed by atoms with Gasteiger partial charge in [0, 0.05) is 12.4 Å². The fraction of sp³-hybridized carbons (Fsp3) is 0.176. The molecule has 0 aliphatic heterocycles. The minimum absolute atomic E-state index is 0.135. The van der Waals surface area contributed by atoms with Crippen molar-refractivity contribution in [2.45, 2.75) is 12.5 Å². The average Bonchev–Trinajstić information content (AvgIpc) is 3.25. The van der Waals surface area contributed by atoms with Crippen molar-refractivity contribution < 1.29 is 9.90 Å². The molecule has 0 aliphatic rings. The molecule has 2 heterocycles. The lowest BCUT2D eigenvalue weighted by Gasteiger charge is -2.23. The number of carbonyl (C=O) groups excluding carboxylic acids is 1. The normalized spacial score (nSPS) is 13.5. The average molecular weight is 327 g/mol. The van der Waals surface area contributed by atoms with Crippen LogP contribution in [0.3, 0.4) is 0 Å². The van der Waals surface area contributed by atoms with Crippen LogP contribution >= 0.6 is 11.3 Å². The van der Waals surface area contributed by atoms with Crippen LogP contribution in [-0.2, 0) is 5.60 Å². The molecule has 23 heavy (non-hydrogen) atoms. The summed E-state index contributed by atoms with van der Waals surface area (Å²) in [7, 11) is 0. The van der Waals surface area contributed by atoms with E-state index in [0.717, 1.165) is 5.56 Å². The van der Waals surface area contributed by atoms with Gasteiger partial charge in [0.2, 0.25) is 0 Å². The Labute approximate surface area is 138 Å². The molecule has 3 rings (SSSR count). The van der Waals surface area contributed by atoms with E-state index in [9.17, 15) is 9.90 Å². The third-order valence-corrected chi connectivity index (χ3v) is 4.32. The van der Waals surface area contributed by atoms with Crippen molar-refractivity contribution in [2.24, 2.45) is 0 Å². The van der Waals surface area contributed by atoms with Gasteiger partial charge in [0.15, 0.2) is 0 Å². The molecule has 0 spiro atoms. The number of hydrogen-bond donors (Lipinski definition) is 2. The van der Waals surface area contributed by atoms with Crippen molar-refractivity contribution in [3.8, 4) is 5.69 Å². The molecular formula is C17H17N3O2S. The Balaban J connectivity index is 1.77. The lowest BCUT2D eigenvalue weighted by Crippen LogP contribution is -2.38. The SMILES string of the molecule is CC(O)(CNC(=O)c1ccccc1-n1cccn1)c1ccsc1. The maximum absolute atomic E-state index is 12.5. The molecule has 1 atom stereocenters. The van der Waals surface area contributed by atoms with Gasteiger partial charge in [0.05, 0.1) is 17.8 Å². The zero-order chi connectivity index (χ0) is 16.3. The first-order valence-corrected chi connectivity index (χ1v) is 8.14. The summed E-state index contributed by atoms with van der Waals surface area (Å²) in [4.78, 5) is 12.5. The fourth-order valence-corrected chi connectivity index (χ4v) is 3.08. The van der Waals surface area contributed by atoms with E-state index in [2.05, 4.69) is 10.4 Å².